The molecule has 0 saturated heterocycles. The van der Waals surface area contributed by atoms with Crippen LogP contribution in [-0.2, 0) is 11.2 Å². The third-order valence-corrected chi connectivity index (χ3v) is 4.31. The van der Waals surface area contributed by atoms with Crippen LogP contribution in [0.3, 0.4) is 0 Å². The number of nitrogens with one attached hydrogen (secondary N) is 1. The van der Waals surface area contributed by atoms with Crippen LogP contribution in [0.25, 0.3) is 10.8 Å². The number of carboxylic acids is 1. The number of amides is 1. The average molecular weight is 410 g/mol. The standard InChI is InChI=1S/C22H22N2O6/c1-2-29-22-17-12-15(30-11-10-14-6-4-3-5-7-14)8-9-16(17)20(27)19(24-22)21(28)23-13-18(25)26/h3-9,12,27H,2,10-11,13H2,1H3,(H,23,28)(H,25,26). The number of aromatic nitrogens is 1. The summed E-state index contributed by atoms with van der Waals surface area (Å²) in [6, 6.07) is 14.9. The van der Waals surface area contributed by atoms with Crippen molar-refractivity contribution in [1.29, 1.82) is 0 Å². The zero-order valence-corrected chi connectivity index (χ0v) is 16.4. The number of nitrogens with zero attached hydrogens (tertiary/aromatic N) is 1. The minimum Gasteiger partial charge on any atom is -0.505 e. The number of carbonyl (C=O) groups excluding carboxylic acids is 1. The lowest BCUT2D eigenvalue weighted by Crippen LogP contribution is -2.30. The number of benzene rings is 2. The molecule has 8 nitrogen and oxygen atoms in total. The van der Waals surface area contributed by atoms with E-state index in [-0.39, 0.29) is 17.3 Å². The maximum absolute atomic E-state index is 12.2. The van der Waals surface area contributed by atoms with Crippen LogP contribution >= 0.6 is 0 Å². The Labute approximate surface area is 173 Å². The molecule has 0 saturated carbocycles. The van der Waals surface area contributed by atoms with E-state index in [4.69, 9.17) is 14.6 Å². The van der Waals surface area contributed by atoms with Gasteiger partial charge in [-0.1, -0.05) is 30.3 Å². The monoisotopic (exact) mass is 410 g/mol. The van der Waals surface area contributed by atoms with Gasteiger partial charge in [0.1, 0.15) is 12.3 Å². The lowest BCUT2D eigenvalue weighted by Gasteiger charge is -2.13. The van der Waals surface area contributed by atoms with Gasteiger partial charge in [-0.3, -0.25) is 9.59 Å². The Hall–Kier alpha value is -3.81. The Balaban J connectivity index is 1.86. The van der Waals surface area contributed by atoms with Crippen LogP contribution in [0.4, 0.5) is 0 Å². The summed E-state index contributed by atoms with van der Waals surface area (Å²) in [5, 5.41) is 22.3. The Morgan fingerprint density at radius 3 is 2.53 bits per heavy atom. The number of aliphatic carboxylic acids is 1. The lowest BCUT2D eigenvalue weighted by atomic mass is 10.1. The van der Waals surface area contributed by atoms with Crippen LogP contribution < -0.4 is 14.8 Å². The van der Waals surface area contributed by atoms with Crippen LogP contribution in [0, 0.1) is 0 Å². The Morgan fingerprint density at radius 1 is 1.07 bits per heavy atom. The molecule has 2 aromatic carbocycles. The molecule has 156 valence electrons. The maximum atomic E-state index is 12.2. The fraction of sp³-hybridized carbons (Fsp3) is 0.227. The van der Waals surface area contributed by atoms with E-state index in [1.54, 1.807) is 25.1 Å². The summed E-state index contributed by atoms with van der Waals surface area (Å²) in [6.07, 6.45) is 0.739. The van der Waals surface area contributed by atoms with Crippen molar-refractivity contribution in [3.05, 3.63) is 59.8 Å². The molecule has 0 bridgehead atoms. The van der Waals surface area contributed by atoms with Gasteiger partial charge >= 0.3 is 5.97 Å². The van der Waals surface area contributed by atoms with Gasteiger partial charge in [-0.05, 0) is 30.7 Å². The first-order chi connectivity index (χ1) is 14.5. The van der Waals surface area contributed by atoms with Gasteiger partial charge in [0.05, 0.1) is 18.6 Å². The highest BCUT2D eigenvalue weighted by Crippen LogP contribution is 2.35. The Bertz CT molecular complexity index is 1050. The summed E-state index contributed by atoms with van der Waals surface area (Å²) in [5.41, 5.74) is 0.856. The van der Waals surface area contributed by atoms with Crippen molar-refractivity contribution in [3.63, 3.8) is 0 Å². The van der Waals surface area contributed by atoms with E-state index < -0.39 is 18.4 Å². The van der Waals surface area contributed by atoms with Gasteiger partial charge in [-0.25, -0.2) is 4.98 Å². The van der Waals surface area contributed by atoms with Crippen molar-refractivity contribution >= 4 is 22.6 Å². The fourth-order valence-corrected chi connectivity index (χ4v) is 2.91. The van der Waals surface area contributed by atoms with Crippen molar-refractivity contribution in [2.75, 3.05) is 19.8 Å². The van der Waals surface area contributed by atoms with Gasteiger partial charge in [0.2, 0.25) is 5.88 Å². The van der Waals surface area contributed by atoms with Crippen LogP contribution in [0.5, 0.6) is 17.4 Å². The predicted molar refractivity (Wildman–Crippen MR) is 110 cm³/mol. The van der Waals surface area contributed by atoms with Crippen molar-refractivity contribution in [3.8, 4) is 17.4 Å². The van der Waals surface area contributed by atoms with Crippen LogP contribution in [-0.4, -0.2) is 46.8 Å². The largest absolute Gasteiger partial charge is 0.505 e. The minimum atomic E-state index is -1.20. The zero-order valence-electron chi connectivity index (χ0n) is 16.4. The minimum absolute atomic E-state index is 0.152. The lowest BCUT2D eigenvalue weighted by molar-refractivity contribution is -0.135. The van der Waals surface area contributed by atoms with E-state index in [1.807, 2.05) is 30.3 Å². The Kier molecular flexibility index (Phi) is 6.69. The number of ether oxygens (including phenoxy) is 2. The van der Waals surface area contributed by atoms with Crippen molar-refractivity contribution < 1.29 is 29.3 Å². The molecule has 0 atom stereocenters. The second-order valence-corrected chi connectivity index (χ2v) is 6.42. The quantitative estimate of drug-likeness (QED) is 0.496. The van der Waals surface area contributed by atoms with Gasteiger partial charge in [0.25, 0.3) is 5.91 Å². The molecular formula is C22H22N2O6. The second kappa shape index (κ2) is 9.60. The van der Waals surface area contributed by atoms with E-state index in [9.17, 15) is 14.7 Å². The van der Waals surface area contributed by atoms with Gasteiger partial charge in [0, 0.05) is 11.8 Å². The number of carboxylic acid groups (broad SMARTS) is 1. The fourth-order valence-electron chi connectivity index (χ4n) is 2.91. The van der Waals surface area contributed by atoms with E-state index >= 15 is 0 Å². The van der Waals surface area contributed by atoms with E-state index in [0.29, 0.717) is 29.7 Å². The molecule has 0 fully saturated rings. The van der Waals surface area contributed by atoms with Crippen molar-refractivity contribution in [1.82, 2.24) is 10.3 Å². The highest BCUT2D eigenvalue weighted by Gasteiger charge is 2.21. The summed E-state index contributed by atoms with van der Waals surface area (Å²) in [5.74, 6) is -1.64. The number of pyridine rings is 1. The average Bonchev–Trinajstić information content (AvgIpc) is 2.75. The first-order valence-corrected chi connectivity index (χ1v) is 9.45. The number of hydrogen-bond donors (Lipinski definition) is 3. The first kappa shape index (κ1) is 20.9. The molecule has 3 N–H and O–H groups in total. The highest BCUT2D eigenvalue weighted by molar-refractivity contribution is 6.04. The molecule has 0 spiro atoms. The number of hydrogen-bond acceptors (Lipinski definition) is 6. The smallest absolute Gasteiger partial charge is 0.322 e. The molecule has 0 aliphatic rings. The summed E-state index contributed by atoms with van der Waals surface area (Å²) in [7, 11) is 0. The molecule has 0 aliphatic heterocycles. The molecule has 0 aliphatic carbocycles. The molecular weight excluding hydrogens is 388 g/mol. The Morgan fingerprint density at radius 2 is 1.83 bits per heavy atom. The molecule has 0 unspecified atom stereocenters. The summed E-state index contributed by atoms with van der Waals surface area (Å²) in [4.78, 5) is 27.0. The normalized spacial score (nSPS) is 10.6. The molecule has 1 heterocycles. The number of aromatic hydroxyl groups is 1. The molecule has 1 amide bonds. The van der Waals surface area contributed by atoms with Crippen LogP contribution in [0.2, 0.25) is 0 Å². The predicted octanol–water partition coefficient (Wildman–Crippen LogP) is 2.78. The summed E-state index contributed by atoms with van der Waals surface area (Å²) >= 11 is 0. The topological polar surface area (TPSA) is 118 Å². The van der Waals surface area contributed by atoms with Gasteiger partial charge in [-0.2, -0.15) is 0 Å². The van der Waals surface area contributed by atoms with Gasteiger partial charge in [-0.15, -0.1) is 0 Å². The van der Waals surface area contributed by atoms with Gasteiger partial charge < -0.3 is 25.0 Å². The number of carbonyl (C=O) groups is 2. The maximum Gasteiger partial charge on any atom is 0.322 e. The SMILES string of the molecule is CCOc1nc(C(=O)NCC(=O)O)c(O)c2ccc(OCCc3ccccc3)cc12. The van der Waals surface area contributed by atoms with Crippen LogP contribution in [0.1, 0.15) is 23.0 Å². The molecule has 0 radical (unpaired) electrons. The number of rotatable bonds is 9. The van der Waals surface area contributed by atoms with E-state index in [0.717, 1.165) is 12.0 Å². The zero-order chi connectivity index (χ0) is 21.5. The van der Waals surface area contributed by atoms with Gasteiger partial charge in [0.15, 0.2) is 11.4 Å². The van der Waals surface area contributed by atoms with E-state index in [1.165, 1.54) is 0 Å². The third kappa shape index (κ3) is 4.96. The second-order valence-electron chi connectivity index (χ2n) is 6.42. The molecule has 1 aromatic heterocycles. The molecule has 3 rings (SSSR count). The van der Waals surface area contributed by atoms with Crippen molar-refractivity contribution in [2.24, 2.45) is 0 Å². The molecule has 3 aromatic rings. The van der Waals surface area contributed by atoms with Crippen molar-refractivity contribution in [2.45, 2.75) is 13.3 Å². The summed E-state index contributed by atoms with van der Waals surface area (Å²) < 4.78 is 11.4. The summed E-state index contributed by atoms with van der Waals surface area (Å²) in [6.45, 7) is 1.94. The molecule has 30 heavy (non-hydrogen) atoms. The highest BCUT2D eigenvalue weighted by atomic mass is 16.5. The molecule has 8 heteroatoms. The third-order valence-electron chi connectivity index (χ3n) is 4.31. The number of fused-ring (bicyclic) bond motifs is 1. The van der Waals surface area contributed by atoms with Crippen LogP contribution in [0.15, 0.2) is 48.5 Å². The van der Waals surface area contributed by atoms with E-state index in [2.05, 4.69) is 10.3 Å². The first-order valence-electron chi connectivity index (χ1n) is 9.45.